The number of nitrogens with two attached hydrogens (primary N) is 1. The molecule has 1 amide bonds. The van der Waals surface area contributed by atoms with Gasteiger partial charge in [-0.3, -0.25) is 4.79 Å². The van der Waals surface area contributed by atoms with Gasteiger partial charge < -0.3 is 15.5 Å². The largest absolute Gasteiger partial charge is 0.467 e. The summed E-state index contributed by atoms with van der Waals surface area (Å²) in [6.07, 6.45) is 2.90. The molecule has 6 heteroatoms. The quantitative estimate of drug-likeness (QED) is 0.893. The molecule has 2 rings (SSSR count). The van der Waals surface area contributed by atoms with Crippen molar-refractivity contribution in [3.05, 3.63) is 47.0 Å². The maximum Gasteiger partial charge on any atom is 0.253 e. The van der Waals surface area contributed by atoms with E-state index in [2.05, 4.69) is 10.3 Å². The Balaban J connectivity index is 2.15. The number of nitrogen functional groups attached to an aromatic ring is 1. The molecular weight excluding hydrogens is 254 g/mol. The standard InChI is InChI=1S/C12H12ClN3O2/c1-7(10-3-2-4-18-10)16-12(17)8-5-11(14)15-6-9(8)13/h2-7H,1H3,(H2,14,15)(H,16,17). The summed E-state index contributed by atoms with van der Waals surface area (Å²) in [7, 11) is 0. The number of hydrogen-bond acceptors (Lipinski definition) is 4. The third-order valence-corrected chi connectivity index (χ3v) is 2.74. The van der Waals surface area contributed by atoms with Crippen molar-refractivity contribution in [1.29, 1.82) is 0 Å². The molecule has 0 aliphatic rings. The average Bonchev–Trinajstić information content (AvgIpc) is 2.85. The summed E-state index contributed by atoms with van der Waals surface area (Å²) in [4.78, 5) is 15.8. The first-order valence-electron chi connectivity index (χ1n) is 5.33. The van der Waals surface area contributed by atoms with E-state index in [1.54, 1.807) is 18.4 Å². The van der Waals surface area contributed by atoms with Crippen LogP contribution < -0.4 is 11.1 Å². The maximum absolute atomic E-state index is 12.0. The highest BCUT2D eigenvalue weighted by atomic mass is 35.5. The summed E-state index contributed by atoms with van der Waals surface area (Å²) in [5.41, 5.74) is 5.82. The zero-order valence-corrected chi connectivity index (χ0v) is 10.4. The fraction of sp³-hybridized carbons (Fsp3) is 0.167. The lowest BCUT2D eigenvalue weighted by Gasteiger charge is -2.12. The molecule has 0 aliphatic carbocycles. The van der Waals surface area contributed by atoms with Gasteiger partial charge in [-0.25, -0.2) is 4.98 Å². The zero-order chi connectivity index (χ0) is 13.1. The van der Waals surface area contributed by atoms with Crippen LogP contribution in [0.3, 0.4) is 0 Å². The number of amides is 1. The van der Waals surface area contributed by atoms with Gasteiger partial charge in [-0.15, -0.1) is 0 Å². The van der Waals surface area contributed by atoms with E-state index in [1.165, 1.54) is 12.3 Å². The molecule has 1 unspecified atom stereocenters. The Bertz CT molecular complexity index is 554. The van der Waals surface area contributed by atoms with Crippen LogP contribution in [0, 0.1) is 0 Å². The Morgan fingerprint density at radius 3 is 3.06 bits per heavy atom. The molecule has 3 N–H and O–H groups in total. The molecule has 0 bridgehead atoms. The van der Waals surface area contributed by atoms with E-state index >= 15 is 0 Å². The second-order valence-electron chi connectivity index (χ2n) is 3.80. The van der Waals surface area contributed by atoms with Crippen molar-refractivity contribution in [3.8, 4) is 0 Å². The summed E-state index contributed by atoms with van der Waals surface area (Å²) >= 11 is 5.90. The van der Waals surface area contributed by atoms with Crippen LogP contribution >= 0.6 is 11.6 Å². The van der Waals surface area contributed by atoms with Crippen molar-refractivity contribution in [1.82, 2.24) is 10.3 Å². The highest BCUT2D eigenvalue weighted by molar-refractivity contribution is 6.33. The van der Waals surface area contributed by atoms with Gasteiger partial charge in [-0.1, -0.05) is 11.6 Å². The van der Waals surface area contributed by atoms with Crippen molar-refractivity contribution in [2.24, 2.45) is 0 Å². The van der Waals surface area contributed by atoms with Gasteiger partial charge in [-0.2, -0.15) is 0 Å². The second kappa shape index (κ2) is 5.10. The number of nitrogens with one attached hydrogen (secondary N) is 1. The number of pyridine rings is 1. The van der Waals surface area contributed by atoms with E-state index in [0.29, 0.717) is 11.3 Å². The minimum atomic E-state index is -0.321. The fourth-order valence-corrected chi connectivity index (χ4v) is 1.70. The van der Waals surface area contributed by atoms with E-state index < -0.39 is 0 Å². The molecule has 94 valence electrons. The molecule has 0 saturated heterocycles. The van der Waals surface area contributed by atoms with Crippen molar-refractivity contribution in [2.45, 2.75) is 13.0 Å². The van der Waals surface area contributed by atoms with Crippen LogP contribution in [-0.4, -0.2) is 10.9 Å². The van der Waals surface area contributed by atoms with Gasteiger partial charge >= 0.3 is 0 Å². The van der Waals surface area contributed by atoms with Gasteiger partial charge in [0.05, 0.1) is 22.9 Å². The Hall–Kier alpha value is -2.01. The van der Waals surface area contributed by atoms with Crippen molar-refractivity contribution in [3.63, 3.8) is 0 Å². The molecule has 0 saturated carbocycles. The van der Waals surface area contributed by atoms with Crippen LogP contribution in [-0.2, 0) is 0 Å². The fourth-order valence-electron chi connectivity index (χ4n) is 1.51. The Morgan fingerprint density at radius 1 is 1.61 bits per heavy atom. The molecule has 5 nitrogen and oxygen atoms in total. The predicted octanol–water partition coefficient (Wildman–Crippen LogP) is 2.40. The SMILES string of the molecule is CC(NC(=O)c1cc(N)ncc1Cl)c1ccco1. The van der Waals surface area contributed by atoms with Gasteiger partial charge in [0.25, 0.3) is 5.91 Å². The number of halogens is 1. The van der Waals surface area contributed by atoms with E-state index in [9.17, 15) is 4.79 Å². The van der Waals surface area contributed by atoms with Gasteiger partial charge in [0.2, 0.25) is 0 Å². The second-order valence-corrected chi connectivity index (χ2v) is 4.21. The van der Waals surface area contributed by atoms with Crippen molar-refractivity contribution in [2.75, 3.05) is 5.73 Å². The summed E-state index contributed by atoms with van der Waals surface area (Å²) in [5.74, 6) is 0.592. The lowest BCUT2D eigenvalue weighted by Crippen LogP contribution is -2.26. The monoisotopic (exact) mass is 265 g/mol. The van der Waals surface area contributed by atoms with Crippen LogP contribution in [0.5, 0.6) is 0 Å². The van der Waals surface area contributed by atoms with Crippen molar-refractivity contribution >= 4 is 23.3 Å². The number of nitrogens with zero attached hydrogens (tertiary/aromatic N) is 1. The van der Waals surface area contributed by atoms with Crippen LogP contribution in [0.25, 0.3) is 0 Å². The molecule has 0 radical (unpaired) electrons. The summed E-state index contributed by atoms with van der Waals surface area (Å²) in [5, 5.41) is 3.02. The number of furan rings is 1. The van der Waals surface area contributed by atoms with Crippen molar-refractivity contribution < 1.29 is 9.21 Å². The topological polar surface area (TPSA) is 81.2 Å². The number of carbonyl (C=O) groups is 1. The molecular formula is C12H12ClN3O2. The lowest BCUT2D eigenvalue weighted by atomic mass is 10.2. The highest BCUT2D eigenvalue weighted by Gasteiger charge is 2.16. The molecule has 0 spiro atoms. The maximum atomic E-state index is 12.0. The smallest absolute Gasteiger partial charge is 0.253 e. The minimum Gasteiger partial charge on any atom is -0.467 e. The number of aromatic nitrogens is 1. The minimum absolute atomic E-state index is 0.246. The summed E-state index contributed by atoms with van der Waals surface area (Å²) in [6.45, 7) is 1.81. The van der Waals surface area contributed by atoms with Gasteiger partial charge in [0.15, 0.2) is 0 Å². The Kier molecular flexibility index (Phi) is 3.53. The molecule has 18 heavy (non-hydrogen) atoms. The third kappa shape index (κ3) is 2.62. The molecule has 2 aromatic rings. The van der Waals surface area contributed by atoms with Crippen LogP contribution in [0.4, 0.5) is 5.82 Å². The summed E-state index contributed by atoms with van der Waals surface area (Å²) < 4.78 is 5.20. The van der Waals surface area contributed by atoms with E-state index in [4.69, 9.17) is 21.8 Å². The normalized spacial score (nSPS) is 12.1. The van der Waals surface area contributed by atoms with Gasteiger partial charge in [-0.05, 0) is 25.1 Å². The third-order valence-electron chi connectivity index (χ3n) is 2.44. The van der Waals surface area contributed by atoms with E-state index in [0.717, 1.165) is 0 Å². The van der Waals surface area contributed by atoms with Crippen LogP contribution in [0.2, 0.25) is 5.02 Å². The zero-order valence-electron chi connectivity index (χ0n) is 9.68. The number of hydrogen-bond donors (Lipinski definition) is 2. The molecule has 2 heterocycles. The Labute approximate surface area is 109 Å². The average molecular weight is 266 g/mol. The number of carbonyl (C=O) groups excluding carboxylic acids is 1. The molecule has 2 aromatic heterocycles. The Morgan fingerprint density at radius 2 is 2.39 bits per heavy atom. The molecule has 1 atom stereocenters. The first-order valence-corrected chi connectivity index (χ1v) is 5.71. The first kappa shape index (κ1) is 12.4. The van der Waals surface area contributed by atoms with Crippen LogP contribution in [0.15, 0.2) is 35.1 Å². The van der Waals surface area contributed by atoms with E-state index in [1.807, 2.05) is 6.92 Å². The number of rotatable bonds is 3. The van der Waals surface area contributed by atoms with Crippen LogP contribution in [0.1, 0.15) is 29.1 Å². The van der Waals surface area contributed by atoms with Gasteiger partial charge in [0, 0.05) is 6.20 Å². The predicted molar refractivity (Wildman–Crippen MR) is 68.2 cm³/mol. The number of anilines is 1. The van der Waals surface area contributed by atoms with E-state index in [-0.39, 0.29) is 22.8 Å². The molecule has 0 aliphatic heterocycles. The molecule has 0 aromatic carbocycles. The first-order chi connectivity index (χ1) is 8.58. The highest BCUT2D eigenvalue weighted by Crippen LogP contribution is 2.18. The molecule has 0 fully saturated rings. The lowest BCUT2D eigenvalue weighted by molar-refractivity contribution is 0.0935. The summed E-state index contributed by atoms with van der Waals surface area (Å²) in [6, 6.07) is 4.73. The van der Waals surface area contributed by atoms with Gasteiger partial charge in [0.1, 0.15) is 11.6 Å².